The fraction of sp³-hybridized carbons (Fsp3) is 0.286. The summed E-state index contributed by atoms with van der Waals surface area (Å²) in [5.74, 6) is 0. The van der Waals surface area contributed by atoms with Crippen molar-refractivity contribution in [1.82, 2.24) is 4.98 Å². The summed E-state index contributed by atoms with van der Waals surface area (Å²) >= 11 is 9.05. The molecule has 1 heterocycles. The first-order valence-electron chi connectivity index (χ1n) is 3.25. The number of pyridine rings is 1. The minimum atomic E-state index is 0.380. The fourth-order valence-electron chi connectivity index (χ4n) is 0.764. The van der Waals surface area contributed by atoms with E-state index in [4.69, 9.17) is 17.3 Å². The van der Waals surface area contributed by atoms with Crippen LogP contribution < -0.4 is 5.73 Å². The van der Waals surface area contributed by atoms with Gasteiger partial charge in [0.2, 0.25) is 0 Å². The van der Waals surface area contributed by atoms with Gasteiger partial charge in [0.1, 0.15) is 0 Å². The molecule has 1 aromatic heterocycles. The zero-order valence-corrected chi connectivity index (χ0v) is 8.41. The maximum absolute atomic E-state index is 5.71. The Labute approximate surface area is 78.9 Å². The van der Waals surface area contributed by atoms with E-state index in [9.17, 15) is 0 Å². The van der Waals surface area contributed by atoms with Crippen molar-refractivity contribution in [2.45, 2.75) is 13.3 Å². The second-order valence-electron chi connectivity index (χ2n) is 2.15. The molecular formula is C7H8BrClN2. The van der Waals surface area contributed by atoms with Crippen molar-refractivity contribution < 1.29 is 0 Å². The third kappa shape index (κ3) is 1.84. The SMILES string of the molecule is CCc1nc(Cl)c(N)cc1Br. The highest BCUT2D eigenvalue weighted by Gasteiger charge is 2.03. The Morgan fingerprint density at radius 2 is 2.36 bits per heavy atom. The van der Waals surface area contributed by atoms with Crippen LogP contribution in [0.2, 0.25) is 5.15 Å². The number of anilines is 1. The number of aryl methyl sites for hydroxylation is 1. The molecule has 0 atom stereocenters. The minimum Gasteiger partial charge on any atom is -0.396 e. The Bertz CT molecular complexity index is 275. The van der Waals surface area contributed by atoms with E-state index in [1.54, 1.807) is 6.07 Å². The van der Waals surface area contributed by atoms with Crippen molar-refractivity contribution in [2.75, 3.05) is 5.73 Å². The highest BCUT2D eigenvalue weighted by molar-refractivity contribution is 9.10. The first-order valence-corrected chi connectivity index (χ1v) is 4.42. The number of nitrogen functional groups attached to an aromatic ring is 1. The molecule has 1 aromatic rings. The number of nitrogens with zero attached hydrogens (tertiary/aromatic N) is 1. The molecule has 0 aliphatic rings. The van der Waals surface area contributed by atoms with Gasteiger partial charge in [0, 0.05) is 4.47 Å². The summed E-state index contributed by atoms with van der Waals surface area (Å²) < 4.78 is 0.918. The fourth-order valence-corrected chi connectivity index (χ4v) is 1.54. The lowest BCUT2D eigenvalue weighted by Gasteiger charge is -2.02. The van der Waals surface area contributed by atoms with Crippen molar-refractivity contribution in [3.05, 3.63) is 21.4 Å². The van der Waals surface area contributed by atoms with Gasteiger partial charge in [-0.1, -0.05) is 18.5 Å². The van der Waals surface area contributed by atoms with Crippen LogP contribution in [0.25, 0.3) is 0 Å². The van der Waals surface area contributed by atoms with Gasteiger partial charge >= 0.3 is 0 Å². The predicted octanol–water partition coefficient (Wildman–Crippen LogP) is 2.64. The largest absolute Gasteiger partial charge is 0.396 e. The van der Waals surface area contributed by atoms with Gasteiger partial charge in [0.25, 0.3) is 0 Å². The molecule has 0 bridgehead atoms. The van der Waals surface area contributed by atoms with Crippen LogP contribution in [0.15, 0.2) is 10.5 Å². The lowest BCUT2D eigenvalue weighted by molar-refractivity contribution is 1.02. The van der Waals surface area contributed by atoms with Gasteiger partial charge in [-0.05, 0) is 28.4 Å². The summed E-state index contributed by atoms with van der Waals surface area (Å²) in [6.07, 6.45) is 0.848. The van der Waals surface area contributed by atoms with Gasteiger partial charge in [-0.2, -0.15) is 0 Å². The Morgan fingerprint density at radius 1 is 1.73 bits per heavy atom. The standard InChI is InChI=1S/C7H8BrClN2/c1-2-6-4(8)3-5(10)7(9)11-6/h3H,2,10H2,1H3. The van der Waals surface area contributed by atoms with Crippen molar-refractivity contribution in [3.8, 4) is 0 Å². The van der Waals surface area contributed by atoms with Gasteiger partial charge < -0.3 is 5.73 Å². The van der Waals surface area contributed by atoms with E-state index in [0.29, 0.717) is 10.8 Å². The molecule has 0 aliphatic heterocycles. The molecule has 4 heteroatoms. The quantitative estimate of drug-likeness (QED) is 0.760. The van der Waals surface area contributed by atoms with Crippen LogP contribution in [0.5, 0.6) is 0 Å². The summed E-state index contributed by atoms with van der Waals surface area (Å²) in [6.45, 7) is 2.01. The lowest BCUT2D eigenvalue weighted by Crippen LogP contribution is -1.94. The van der Waals surface area contributed by atoms with Gasteiger partial charge in [-0.15, -0.1) is 0 Å². The van der Waals surface area contributed by atoms with Crippen LogP contribution in [0.1, 0.15) is 12.6 Å². The van der Waals surface area contributed by atoms with Crippen LogP contribution >= 0.6 is 27.5 Å². The molecule has 0 saturated carbocycles. The Morgan fingerprint density at radius 3 is 2.91 bits per heavy atom. The van der Waals surface area contributed by atoms with Crippen LogP contribution in [-0.4, -0.2) is 4.98 Å². The van der Waals surface area contributed by atoms with E-state index >= 15 is 0 Å². The second-order valence-corrected chi connectivity index (χ2v) is 3.36. The second kappa shape index (κ2) is 3.41. The first kappa shape index (κ1) is 8.81. The van der Waals surface area contributed by atoms with Gasteiger partial charge in [-0.3, -0.25) is 0 Å². The molecule has 60 valence electrons. The molecule has 2 N–H and O–H groups in total. The first-order chi connectivity index (χ1) is 5.15. The number of hydrogen-bond donors (Lipinski definition) is 1. The topological polar surface area (TPSA) is 38.9 Å². The van der Waals surface area contributed by atoms with Crippen molar-refractivity contribution in [3.63, 3.8) is 0 Å². The van der Waals surface area contributed by atoms with E-state index in [1.165, 1.54) is 0 Å². The van der Waals surface area contributed by atoms with E-state index in [0.717, 1.165) is 16.6 Å². The van der Waals surface area contributed by atoms with Crippen LogP contribution in [0.4, 0.5) is 5.69 Å². The van der Waals surface area contributed by atoms with E-state index in [2.05, 4.69) is 20.9 Å². The molecule has 11 heavy (non-hydrogen) atoms. The van der Waals surface area contributed by atoms with E-state index < -0.39 is 0 Å². The van der Waals surface area contributed by atoms with Gasteiger partial charge in [0.15, 0.2) is 5.15 Å². The summed E-state index contributed by atoms with van der Waals surface area (Å²) in [5, 5.41) is 0.380. The maximum atomic E-state index is 5.71. The molecule has 0 aliphatic carbocycles. The van der Waals surface area contributed by atoms with E-state index in [-0.39, 0.29) is 0 Å². The Balaban J connectivity index is 3.21. The van der Waals surface area contributed by atoms with Crippen LogP contribution in [0, 0.1) is 0 Å². The Kier molecular flexibility index (Phi) is 2.73. The third-order valence-electron chi connectivity index (χ3n) is 1.36. The highest BCUT2D eigenvalue weighted by Crippen LogP contribution is 2.23. The van der Waals surface area contributed by atoms with Crippen molar-refractivity contribution in [2.24, 2.45) is 0 Å². The zero-order chi connectivity index (χ0) is 8.43. The van der Waals surface area contributed by atoms with Crippen molar-refractivity contribution >= 4 is 33.2 Å². The lowest BCUT2D eigenvalue weighted by atomic mass is 10.3. The average Bonchev–Trinajstić information content (AvgIpc) is 1.97. The molecule has 0 aromatic carbocycles. The number of hydrogen-bond acceptors (Lipinski definition) is 2. The summed E-state index contributed by atoms with van der Waals surface area (Å²) in [5.41, 5.74) is 6.96. The minimum absolute atomic E-state index is 0.380. The summed E-state index contributed by atoms with van der Waals surface area (Å²) in [4.78, 5) is 4.08. The highest BCUT2D eigenvalue weighted by atomic mass is 79.9. The van der Waals surface area contributed by atoms with E-state index in [1.807, 2.05) is 6.92 Å². The summed E-state index contributed by atoms with van der Waals surface area (Å²) in [7, 11) is 0. The molecule has 0 spiro atoms. The Hall–Kier alpha value is -0.280. The molecule has 0 amide bonds. The zero-order valence-electron chi connectivity index (χ0n) is 6.06. The average molecular weight is 236 g/mol. The number of aromatic nitrogens is 1. The molecule has 0 unspecified atom stereocenters. The number of halogens is 2. The molecule has 2 nitrogen and oxygen atoms in total. The van der Waals surface area contributed by atoms with Gasteiger partial charge in [0.05, 0.1) is 11.4 Å². The molecule has 1 rings (SSSR count). The summed E-state index contributed by atoms with van der Waals surface area (Å²) in [6, 6.07) is 1.77. The number of rotatable bonds is 1. The maximum Gasteiger partial charge on any atom is 0.152 e. The monoisotopic (exact) mass is 234 g/mol. The van der Waals surface area contributed by atoms with Crippen molar-refractivity contribution in [1.29, 1.82) is 0 Å². The predicted molar refractivity (Wildman–Crippen MR) is 50.7 cm³/mol. The number of nitrogens with two attached hydrogens (primary N) is 1. The third-order valence-corrected chi connectivity index (χ3v) is 2.35. The van der Waals surface area contributed by atoms with Crippen LogP contribution in [-0.2, 0) is 6.42 Å². The van der Waals surface area contributed by atoms with Crippen LogP contribution in [0.3, 0.4) is 0 Å². The smallest absolute Gasteiger partial charge is 0.152 e. The normalized spacial score (nSPS) is 10.1. The molecular weight excluding hydrogens is 227 g/mol. The molecule has 0 fully saturated rings. The molecule has 0 radical (unpaired) electrons. The van der Waals surface area contributed by atoms with Gasteiger partial charge in [-0.25, -0.2) is 4.98 Å². The molecule has 0 saturated heterocycles.